The van der Waals surface area contributed by atoms with Crippen LogP contribution in [0.4, 0.5) is 0 Å². The molecule has 12 nitrogen and oxygen atoms in total. The minimum absolute atomic E-state index is 0.191. The SMILES string of the molecule is COc1ccc(CO[C@@H]2[C@H](OC(O)[C@H]3OC(C)(C)O[C@@H]3[C@H]3COC(C)(C)O3)O[C@@H]3COC(c4ccccc4)O[C@H]3[C@@H]2OCc2ccccc2)cc1. The molecule has 276 valence electrons. The highest BCUT2D eigenvalue weighted by Crippen LogP contribution is 2.40. The van der Waals surface area contributed by atoms with Crippen LogP contribution in [-0.2, 0) is 60.6 Å². The van der Waals surface area contributed by atoms with E-state index in [0.717, 1.165) is 22.4 Å². The van der Waals surface area contributed by atoms with E-state index in [1.165, 1.54) is 0 Å². The number of benzene rings is 3. The molecule has 0 spiro atoms. The Morgan fingerprint density at radius 2 is 1.37 bits per heavy atom. The van der Waals surface area contributed by atoms with E-state index in [-0.39, 0.29) is 26.4 Å². The number of aliphatic hydroxyl groups is 1. The molecule has 3 aromatic rings. The van der Waals surface area contributed by atoms with Gasteiger partial charge in [0.25, 0.3) is 0 Å². The smallest absolute Gasteiger partial charge is 0.190 e. The highest BCUT2D eigenvalue weighted by molar-refractivity contribution is 5.26. The second kappa shape index (κ2) is 15.6. The molecule has 4 heterocycles. The van der Waals surface area contributed by atoms with E-state index in [2.05, 4.69) is 0 Å². The fourth-order valence-electron chi connectivity index (χ4n) is 6.90. The van der Waals surface area contributed by atoms with Crippen molar-refractivity contribution in [3.63, 3.8) is 0 Å². The molecule has 0 radical (unpaired) electrons. The molecular formula is C39H48O12. The lowest BCUT2D eigenvalue weighted by Gasteiger charge is -2.49. The lowest BCUT2D eigenvalue weighted by molar-refractivity contribution is -0.391. The highest BCUT2D eigenvalue weighted by atomic mass is 16.8. The van der Waals surface area contributed by atoms with Crippen LogP contribution in [0.1, 0.15) is 50.7 Å². The second-order valence-electron chi connectivity index (χ2n) is 14.1. The molecule has 12 heteroatoms. The standard InChI is InChI=1S/C39H48O12/c1-38(2)45-23-29(49-38)31-33(51-39(3,4)50-31)35(40)48-37-34(43-21-25-16-18-27(41-5)19-17-25)32(42-20-24-12-8-6-9-13-24)30-28(46-37)22-44-36(47-30)26-14-10-7-11-15-26/h6-19,28-37,40H,20-23H2,1-5H3/t28-,29-,30-,31-,32+,33+,34+,35?,36?,37+/m1/s1. The van der Waals surface area contributed by atoms with Crippen molar-refractivity contribution in [1.82, 2.24) is 0 Å². The first-order valence-corrected chi connectivity index (χ1v) is 17.5. The maximum Gasteiger partial charge on any atom is 0.190 e. The molecule has 0 bridgehead atoms. The maximum atomic E-state index is 11.8. The minimum atomic E-state index is -1.50. The van der Waals surface area contributed by atoms with E-state index in [9.17, 15) is 5.11 Å². The molecule has 0 aliphatic carbocycles. The van der Waals surface area contributed by atoms with Crippen molar-refractivity contribution < 1.29 is 57.2 Å². The van der Waals surface area contributed by atoms with Crippen LogP contribution < -0.4 is 4.74 Å². The van der Waals surface area contributed by atoms with Gasteiger partial charge in [-0.2, -0.15) is 0 Å². The summed E-state index contributed by atoms with van der Waals surface area (Å²) in [5.41, 5.74) is 2.74. The van der Waals surface area contributed by atoms with Gasteiger partial charge in [0.1, 0.15) is 48.5 Å². The zero-order valence-electron chi connectivity index (χ0n) is 29.6. The maximum absolute atomic E-state index is 11.8. The van der Waals surface area contributed by atoms with E-state index in [0.29, 0.717) is 0 Å². The van der Waals surface area contributed by atoms with Crippen molar-refractivity contribution >= 4 is 0 Å². The normalized spacial score (nSPS) is 33.4. The average Bonchev–Trinajstić information content (AvgIpc) is 3.68. The molecule has 2 unspecified atom stereocenters. The van der Waals surface area contributed by atoms with Crippen molar-refractivity contribution in [1.29, 1.82) is 0 Å². The topological polar surface area (TPSA) is 122 Å². The summed E-state index contributed by atoms with van der Waals surface area (Å²) in [5.74, 6) is -1.09. The Hall–Kier alpha value is -2.98. The Morgan fingerprint density at radius 3 is 2.04 bits per heavy atom. The van der Waals surface area contributed by atoms with E-state index in [1.807, 2.05) is 98.8 Å². The van der Waals surface area contributed by atoms with Crippen LogP contribution in [0.25, 0.3) is 0 Å². The predicted molar refractivity (Wildman–Crippen MR) is 181 cm³/mol. The van der Waals surface area contributed by atoms with Crippen LogP contribution >= 0.6 is 0 Å². The van der Waals surface area contributed by atoms with Crippen molar-refractivity contribution in [3.8, 4) is 5.75 Å². The van der Waals surface area contributed by atoms with Gasteiger partial charge in [-0.25, -0.2) is 0 Å². The van der Waals surface area contributed by atoms with Gasteiger partial charge in [-0.3, -0.25) is 0 Å². The average molecular weight is 709 g/mol. The third kappa shape index (κ3) is 8.64. The second-order valence-corrected chi connectivity index (χ2v) is 14.1. The van der Waals surface area contributed by atoms with Crippen molar-refractivity contribution in [2.45, 2.75) is 114 Å². The van der Waals surface area contributed by atoms with E-state index in [4.69, 9.17) is 52.1 Å². The Labute approximate surface area is 298 Å². The van der Waals surface area contributed by atoms with E-state index in [1.54, 1.807) is 21.0 Å². The van der Waals surface area contributed by atoms with Crippen molar-refractivity contribution in [3.05, 3.63) is 102 Å². The number of hydrogen-bond donors (Lipinski definition) is 1. The number of ether oxygens (including phenoxy) is 11. The summed E-state index contributed by atoms with van der Waals surface area (Å²) in [5, 5.41) is 11.8. The van der Waals surface area contributed by atoms with Crippen molar-refractivity contribution in [2.24, 2.45) is 0 Å². The van der Waals surface area contributed by atoms with Crippen LogP contribution in [0, 0.1) is 0 Å². The van der Waals surface area contributed by atoms with Gasteiger partial charge < -0.3 is 57.2 Å². The molecule has 0 saturated carbocycles. The van der Waals surface area contributed by atoms with Gasteiger partial charge in [-0.05, 0) is 51.0 Å². The van der Waals surface area contributed by atoms with Crippen LogP contribution in [-0.4, -0.2) is 92.3 Å². The Bertz CT molecular complexity index is 1540. The molecule has 4 aliphatic heterocycles. The summed E-state index contributed by atoms with van der Waals surface area (Å²) in [4.78, 5) is 0. The highest BCUT2D eigenvalue weighted by Gasteiger charge is 2.56. The van der Waals surface area contributed by atoms with Gasteiger partial charge in [0, 0.05) is 5.56 Å². The van der Waals surface area contributed by atoms with E-state index < -0.39 is 73.2 Å². The summed E-state index contributed by atoms with van der Waals surface area (Å²) >= 11 is 0. The zero-order chi connectivity index (χ0) is 35.6. The molecule has 0 amide bonds. The first-order valence-electron chi connectivity index (χ1n) is 17.5. The number of fused-ring (bicyclic) bond motifs is 1. The first-order chi connectivity index (χ1) is 24.6. The molecule has 0 aromatic heterocycles. The predicted octanol–water partition coefficient (Wildman–Crippen LogP) is 5.01. The van der Waals surface area contributed by atoms with Gasteiger partial charge in [0.2, 0.25) is 0 Å². The van der Waals surface area contributed by atoms with Crippen LogP contribution in [0.3, 0.4) is 0 Å². The van der Waals surface area contributed by atoms with Gasteiger partial charge in [0.05, 0.1) is 33.5 Å². The molecule has 4 aliphatic rings. The number of aliphatic hydroxyl groups excluding tert-OH is 1. The zero-order valence-corrected chi connectivity index (χ0v) is 29.6. The summed E-state index contributed by atoms with van der Waals surface area (Å²) in [6, 6.07) is 27.2. The fraction of sp³-hybridized carbons (Fsp3) is 0.538. The number of methoxy groups -OCH3 is 1. The summed E-state index contributed by atoms with van der Waals surface area (Å²) in [7, 11) is 1.62. The quantitative estimate of drug-likeness (QED) is 0.255. The number of rotatable bonds is 12. The van der Waals surface area contributed by atoms with Crippen molar-refractivity contribution in [2.75, 3.05) is 20.3 Å². The van der Waals surface area contributed by atoms with Crippen LogP contribution in [0.5, 0.6) is 5.75 Å². The lowest BCUT2D eigenvalue weighted by atomic mass is 9.96. The Kier molecular flexibility index (Phi) is 11.1. The van der Waals surface area contributed by atoms with Gasteiger partial charge >= 0.3 is 0 Å². The lowest BCUT2D eigenvalue weighted by Crippen LogP contribution is -2.64. The summed E-state index contributed by atoms with van der Waals surface area (Å²) in [6.45, 7) is 8.15. The van der Waals surface area contributed by atoms with Crippen LogP contribution in [0.2, 0.25) is 0 Å². The first kappa shape index (κ1) is 36.4. The molecule has 3 aromatic carbocycles. The molecule has 51 heavy (non-hydrogen) atoms. The monoisotopic (exact) mass is 708 g/mol. The summed E-state index contributed by atoms with van der Waals surface area (Å²) in [6.07, 6.45) is -8.16. The Morgan fingerprint density at radius 1 is 0.706 bits per heavy atom. The molecule has 4 saturated heterocycles. The third-order valence-corrected chi connectivity index (χ3v) is 9.36. The molecule has 1 N–H and O–H groups in total. The molecule has 7 rings (SSSR count). The fourth-order valence-corrected chi connectivity index (χ4v) is 6.90. The van der Waals surface area contributed by atoms with Gasteiger partial charge in [-0.15, -0.1) is 0 Å². The third-order valence-electron chi connectivity index (χ3n) is 9.36. The van der Waals surface area contributed by atoms with Gasteiger partial charge in [0.15, 0.2) is 30.4 Å². The molecular weight excluding hydrogens is 660 g/mol. The molecule has 4 fully saturated rings. The largest absolute Gasteiger partial charge is 0.497 e. The van der Waals surface area contributed by atoms with Crippen LogP contribution in [0.15, 0.2) is 84.9 Å². The Balaban J connectivity index is 1.17. The van der Waals surface area contributed by atoms with E-state index >= 15 is 0 Å². The van der Waals surface area contributed by atoms with Gasteiger partial charge in [-0.1, -0.05) is 72.8 Å². The minimum Gasteiger partial charge on any atom is -0.497 e. The number of hydrogen-bond acceptors (Lipinski definition) is 12. The summed E-state index contributed by atoms with van der Waals surface area (Å²) < 4.78 is 68.8. The molecule has 10 atom stereocenters.